The van der Waals surface area contributed by atoms with Crippen molar-refractivity contribution >= 4 is 34.2 Å². The maximum atomic E-state index is 12.8. The van der Waals surface area contributed by atoms with Crippen molar-refractivity contribution < 1.29 is 28.0 Å². The first kappa shape index (κ1) is 36.2. The van der Waals surface area contributed by atoms with E-state index in [1.807, 2.05) is 0 Å². The number of esters is 1. The molecule has 0 saturated carbocycles. The van der Waals surface area contributed by atoms with Crippen LogP contribution >= 0.6 is 0 Å². The van der Waals surface area contributed by atoms with Crippen LogP contribution in [0.1, 0.15) is 107 Å². The van der Waals surface area contributed by atoms with Crippen LogP contribution in [0.3, 0.4) is 0 Å². The zero-order valence-electron chi connectivity index (χ0n) is 26.2. The molecule has 0 N–H and O–H groups in total. The van der Waals surface area contributed by atoms with E-state index in [1.54, 1.807) is 6.92 Å². The molecule has 0 saturated heterocycles. The molecule has 0 aromatic rings. The van der Waals surface area contributed by atoms with Crippen LogP contribution in [0.25, 0.3) is 0 Å². The Kier molecular flexibility index (Phi) is 15.3. The van der Waals surface area contributed by atoms with Crippen LogP contribution in [0.15, 0.2) is 0 Å². The fourth-order valence-corrected chi connectivity index (χ4v) is 5.89. The molecule has 0 aromatic heterocycles. The first-order chi connectivity index (χ1) is 16.7. The monoisotopic (exact) mass is 558 g/mol. The van der Waals surface area contributed by atoms with Gasteiger partial charge in [-0.3, -0.25) is 14.4 Å². The Morgan fingerprint density at radius 1 is 0.784 bits per heavy atom. The van der Waals surface area contributed by atoms with Gasteiger partial charge >= 0.3 is 5.97 Å². The van der Waals surface area contributed by atoms with Gasteiger partial charge in [-0.1, -0.05) is 67.2 Å². The first-order valence-corrected chi connectivity index (χ1v) is 20.1. The normalized spacial score (nSPS) is 14.8. The highest BCUT2D eigenvalue weighted by atomic mass is 28.4. The zero-order valence-corrected chi connectivity index (χ0v) is 28.2. The molecule has 0 heterocycles. The summed E-state index contributed by atoms with van der Waals surface area (Å²) in [7, 11) is -3.74. The van der Waals surface area contributed by atoms with Gasteiger partial charge in [-0.25, -0.2) is 0 Å². The topological polar surface area (TPSA) is 78.9 Å². The molecule has 218 valence electrons. The number of unbranched alkanes of at least 4 members (excludes halogenated alkanes) is 4. The lowest BCUT2D eigenvalue weighted by molar-refractivity contribution is -0.151. The standard InChI is InChI=1S/C29H58O6Si2/c1-13-33-27(32)23(2)26(31)22-24(30)21-25(35-37(11,12)29(6,7)8)19-17-15-14-16-18-20-34-36(9,10)28(3,4)5/h23,25H,13-22H2,1-12H3/t23?,25-/m0/s1. The summed E-state index contributed by atoms with van der Waals surface area (Å²) in [5, 5.41) is 0.276. The number of hydrogen-bond acceptors (Lipinski definition) is 6. The van der Waals surface area contributed by atoms with Crippen molar-refractivity contribution in [1.82, 2.24) is 0 Å². The predicted octanol–water partition coefficient (Wildman–Crippen LogP) is 7.86. The highest BCUT2D eigenvalue weighted by Gasteiger charge is 2.40. The van der Waals surface area contributed by atoms with Gasteiger partial charge in [0.2, 0.25) is 0 Å². The highest BCUT2D eigenvalue weighted by Crippen LogP contribution is 2.38. The average molecular weight is 559 g/mol. The molecular weight excluding hydrogens is 500 g/mol. The fourth-order valence-electron chi connectivity index (χ4n) is 3.42. The molecule has 0 aliphatic rings. The third-order valence-electron chi connectivity index (χ3n) is 8.16. The molecular formula is C29H58O6Si2. The van der Waals surface area contributed by atoms with Gasteiger partial charge in [0.05, 0.1) is 19.1 Å². The number of ketones is 2. The molecule has 0 bridgehead atoms. The molecule has 0 spiro atoms. The molecule has 0 aromatic carbocycles. The number of ether oxygens (including phenoxy) is 1. The Labute approximate surface area is 230 Å². The summed E-state index contributed by atoms with van der Waals surface area (Å²) in [6.07, 6.45) is 6.02. The van der Waals surface area contributed by atoms with Crippen molar-refractivity contribution in [3.8, 4) is 0 Å². The molecule has 1 unspecified atom stereocenters. The van der Waals surface area contributed by atoms with Crippen molar-refractivity contribution in [2.24, 2.45) is 5.92 Å². The van der Waals surface area contributed by atoms with Gasteiger partial charge in [-0.15, -0.1) is 0 Å². The Morgan fingerprint density at radius 3 is 1.81 bits per heavy atom. The van der Waals surface area contributed by atoms with Gasteiger partial charge in [-0.05, 0) is 63.0 Å². The van der Waals surface area contributed by atoms with E-state index >= 15 is 0 Å². The summed E-state index contributed by atoms with van der Waals surface area (Å²) in [6, 6.07) is 0. The van der Waals surface area contributed by atoms with Crippen LogP contribution < -0.4 is 0 Å². The second-order valence-electron chi connectivity index (χ2n) is 13.5. The van der Waals surface area contributed by atoms with Crippen molar-refractivity contribution in [3.05, 3.63) is 0 Å². The molecule has 8 heteroatoms. The van der Waals surface area contributed by atoms with Crippen LogP contribution in [0.5, 0.6) is 0 Å². The lowest BCUT2D eigenvalue weighted by Crippen LogP contribution is -2.44. The maximum absolute atomic E-state index is 12.8. The first-order valence-electron chi connectivity index (χ1n) is 14.3. The largest absolute Gasteiger partial charge is 0.465 e. The highest BCUT2D eigenvalue weighted by molar-refractivity contribution is 6.74. The van der Waals surface area contributed by atoms with E-state index in [0.717, 1.165) is 45.1 Å². The Balaban J connectivity index is 4.79. The summed E-state index contributed by atoms with van der Waals surface area (Å²) in [6.45, 7) is 26.6. The van der Waals surface area contributed by atoms with Crippen LogP contribution in [0, 0.1) is 5.92 Å². The smallest absolute Gasteiger partial charge is 0.316 e. The van der Waals surface area contributed by atoms with Gasteiger partial charge < -0.3 is 13.6 Å². The van der Waals surface area contributed by atoms with E-state index in [0.29, 0.717) is 0 Å². The number of Topliss-reactive ketones (excluding diaryl/α,β-unsaturated/α-hetero) is 2. The van der Waals surface area contributed by atoms with Crippen LogP contribution in [-0.4, -0.2) is 53.5 Å². The Bertz CT molecular complexity index is 719. The lowest BCUT2D eigenvalue weighted by atomic mass is 9.98. The van der Waals surface area contributed by atoms with E-state index in [2.05, 4.69) is 67.7 Å². The lowest BCUT2D eigenvalue weighted by Gasteiger charge is -2.39. The van der Waals surface area contributed by atoms with Crippen molar-refractivity contribution in [3.63, 3.8) is 0 Å². The third kappa shape index (κ3) is 13.7. The van der Waals surface area contributed by atoms with E-state index < -0.39 is 28.5 Å². The minimum absolute atomic E-state index is 0.0344. The van der Waals surface area contributed by atoms with Crippen LogP contribution in [0.4, 0.5) is 0 Å². The molecule has 2 atom stereocenters. The number of hydrogen-bond donors (Lipinski definition) is 0. The molecule has 0 aliphatic heterocycles. The SMILES string of the molecule is CCOC(=O)C(C)C(=O)CC(=O)C[C@H](CCCCCCCO[Si](C)(C)C(C)(C)C)O[Si](C)(C)C(C)(C)C. The van der Waals surface area contributed by atoms with Gasteiger partial charge in [0, 0.05) is 13.0 Å². The van der Waals surface area contributed by atoms with E-state index in [1.165, 1.54) is 6.92 Å². The maximum Gasteiger partial charge on any atom is 0.316 e. The van der Waals surface area contributed by atoms with Gasteiger partial charge in [0.25, 0.3) is 0 Å². The predicted molar refractivity (Wildman–Crippen MR) is 158 cm³/mol. The Morgan fingerprint density at radius 2 is 1.30 bits per heavy atom. The average Bonchev–Trinajstić information content (AvgIpc) is 2.72. The number of carbonyl (C=O) groups is 3. The quantitative estimate of drug-likeness (QED) is 0.0737. The van der Waals surface area contributed by atoms with Gasteiger partial charge in [0.1, 0.15) is 11.7 Å². The number of rotatable bonds is 18. The Hall–Kier alpha value is -0.836. The fraction of sp³-hybridized carbons (Fsp3) is 0.897. The molecule has 0 amide bonds. The van der Waals surface area contributed by atoms with Crippen LogP contribution in [-0.2, 0) is 28.0 Å². The zero-order chi connectivity index (χ0) is 29.1. The second-order valence-corrected chi connectivity index (χ2v) is 23.1. The van der Waals surface area contributed by atoms with Crippen molar-refractivity contribution in [2.75, 3.05) is 13.2 Å². The summed E-state index contributed by atoms with van der Waals surface area (Å²) in [5.41, 5.74) is 0. The second kappa shape index (κ2) is 15.7. The third-order valence-corrected chi connectivity index (χ3v) is 17.2. The summed E-state index contributed by atoms with van der Waals surface area (Å²) >= 11 is 0. The van der Waals surface area contributed by atoms with Crippen molar-refractivity contribution in [1.29, 1.82) is 0 Å². The summed E-state index contributed by atoms with van der Waals surface area (Å²) in [5.74, 6) is -2.02. The van der Waals surface area contributed by atoms with Gasteiger partial charge in [0.15, 0.2) is 22.4 Å². The van der Waals surface area contributed by atoms with Crippen LogP contribution in [0.2, 0.25) is 36.3 Å². The minimum atomic E-state index is -2.07. The molecule has 0 aliphatic carbocycles. The van der Waals surface area contributed by atoms with E-state index in [9.17, 15) is 14.4 Å². The summed E-state index contributed by atoms with van der Waals surface area (Å²) < 4.78 is 17.8. The molecule has 37 heavy (non-hydrogen) atoms. The molecule has 0 rings (SSSR count). The molecule has 0 radical (unpaired) electrons. The molecule has 0 fully saturated rings. The molecule has 6 nitrogen and oxygen atoms in total. The number of carbonyl (C=O) groups excluding carboxylic acids is 3. The summed E-state index contributed by atoms with van der Waals surface area (Å²) in [4.78, 5) is 37.1. The van der Waals surface area contributed by atoms with Gasteiger partial charge in [-0.2, -0.15) is 0 Å². The van der Waals surface area contributed by atoms with E-state index in [4.69, 9.17) is 13.6 Å². The van der Waals surface area contributed by atoms with E-state index in [-0.39, 0.29) is 47.2 Å². The minimum Gasteiger partial charge on any atom is -0.465 e. The van der Waals surface area contributed by atoms with Crippen molar-refractivity contribution in [2.45, 2.75) is 149 Å².